The standard InChI is InChI=1S/C19H24N2O3S/c1-3-21(18-10-11-25(23,24)14-18)19(22)13-20(2)17-9-8-15-6-4-5-7-16(15)12-17/h4-9,12,18H,3,10-11,13-14H2,1-2H3/t18-/m1/s1. The van der Waals surface area contributed by atoms with E-state index in [2.05, 4.69) is 18.2 Å². The molecule has 0 spiro atoms. The lowest BCUT2D eigenvalue weighted by Gasteiger charge is -2.29. The second-order valence-corrected chi connectivity index (χ2v) is 8.85. The molecule has 0 bridgehead atoms. The molecule has 1 fully saturated rings. The summed E-state index contributed by atoms with van der Waals surface area (Å²) in [6.07, 6.45) is 0.543. The molecule has 0 radical (unpaired) electrons. The highest BCUT2D eigenvalue weighted by Gasteiger charge is 2.34. The Labute approximate surface area is 149 Å². The van der Waals surface area contributed by atoms with Gasteiger partial charge in [0.15, 0.2) is 9.84 Å². The van der Waals surface area contributed by atoms with E-state index in [0.29, 0.717) is 13.0 Å². The number of fused-ring (bicyclic) bond motifs is 1. The highest BCUT2D eigenvalue weighted by Crippen LogP contribution is 2.22. The van der Waals surface area contributed by atoms with E-state index in [4.69, 9.17) is 0 Å². The van der Waals surface area contributed by atoms with Crippen LogP contribution in [0.2, 0.25) is 0 Å². The van der Waals surface area contributed by atoms with E-state index < -0.39 is 9.84 Å². The minimum atomic E-state index is -3.00. The summed E-state index contributed by atoms with van der Waals surface area (Å²) in [4.78, 5) is 16.3. The Morgan fingerprint density at radius 1 is 1.16 bits per heavy atom. The first kappa shape index (κ1) is 17.7. The molecule has 1 aliphatic heterocycles. The number of rotatable bonds is 5. The van der Waals surface area contributed by atoms with Gasteiger partial charge in [-0.25, -0.2) is 8.42 Å². The number of sulfone groups is 1. The lowest BCUT2D eigenvalue weighted by Crippen LogP contribution is -2.45. The van der Waals surface area contributed by atoms with E-state index >= 15 is 0 Å². The molecule has 0 saturated carbocycles. The van der Waals surface area contributed by atoms with Crippen LogP contribution in [-0.2, 0) is 14.6 Å². The van der Waals surface area contributed by atoms with Crippen molar-refractivity contribution in [2.24, 2.45) is 0 Å². The number of carbonyl (C=O) groups is 1. The number of anilines is 1. The molecule has 6 heteroatoms. The van der Waals surface area contributed by atoms with Crippen LogP contribution in [0.25, 0.3) is 10.8 Å². The summed E-state index contributed by atoms with van der Waals surface area (Å²) in [5.74, 6) is 0.245. The van der Waals surface area contributed by atoms with Gasteiger partial charge >= 0.3 is 0 Å². The van der Waals surface area contributed by atoms with Crippen LogP contribution in [0.15, 0.2) is 42.5 Å². The molecule has 0 N–H and O–H groups in total. The molecule has 5 nitrogen and oxygen atoms in total. The maximum absolute atomic E-state index is 12.7. The number of carbonyl (C=O) groups excluding carboxylic acids is 1. The average molecular weight is 360 g/mol. The van der Waals surface area contributed by atoms with Gasteiger partial charge < -0.3 is 9.80 Å². The van der Waals surface area contributed by atoms with Crippen LogP contribution in [0.3, 0.4) is 0 Å². The molecule has 0 aromatic heterocycles. The fourth-order valence-electron chi connectivity index (χ4n) is 3.46. The van der Waals surface area contributed by atoms with Crippen LogP contribution in [0.5, 0.6) is 0 Å². The molecule has 0 aliphatic carbocycles. The van der Waals surface area contributed by atoms with Crippen molar-refractivity contribution >= 4 is 32.2 Å². The molecule has 1 aliphatic rings. The van der Waals surface area contributed by atoms with Crippen LogP contribution in [-0.4, -0.2) is 56.9 Å². The van der Waals surface area contributed by atoms with Crippen molar-refractivity contribution < 1.29 is 13.2 Å². The topological polar surface area (TPSA) is 57.7 Å². The molecule has 3 rings (SSSR count). The van der Waals surface area contributed by atoms with E-state index in [1.54, 1.807) is 4.90 Å². The van der Waals surface area contributed by atoms with E-state index in [0.717, 1.165) is 16.5 Å². The van der Waals surface area contributed by atoms with Crippen molar-refractivity contribution in [1.82, 2.24) is 4.90 Å². The van der Waals surface area contributed by atoms with Crippen molar-refractivity contribution in [3.63, 3.8) is 0 Å². The monoisotopic (exact) mass is 360 g/mol. The average Bonchev–Trinajstić information content (AvgIpc) is 2.94. The molecule has 1 heterocycles. The van der Waals surface area contributed by atoms with Crippen molar-refractivity contribution in [2.45, 2.75) is 19.4 Å². The second-order valence-electron chi connectivity index (χ2n) is 6.62. The van der Waals surface area contributed by atoms with Gasteiger partial charge in [-0.15, -0.1) is 0 Å². The van der Waals surface area contributed by atoms with Crippen molar-refractivity contribution in [3.8, 4) is 0 Å². The molecule has 1 atom stereocenters. The first-order chi connectivity index (χ1) is 11.9. The zero-order valence-electron chi connectivity index (χ0n) is 14.7. The predicted octanol–water partition coefficient (Wildman–Crippen LogP) is 2.31. The Kier molecular flexibility index (Phi) is 4.99. The van der Waals surface area contributed by atoms with Gasteiger partial charge in [0.25, 0.3) is 0 Å². The van der Waals surface area contributed by atoms with Crippen LogP contribution < -0.4 is 4.90 Å². The number of amides is 1. The maximum Gasteiger partial charge on any atom is 0.242 e. The van der Waals surface area contributed by atoms with Gasteiger partial charge in [-0.3, -0.25) is 4.79 Å². The summed E-state index contributed by atoms with van der Waals surface area (Å²) in [6, 6.07) is 14.0. The smallest absolute Gasteiger partial charge is 0.242 e. The Morgan fingerprint density at radius 2 is 1.88 bits per heavy atom. The quantitative estimate of drug-likeness (QED) is 0.821. The third kappa shape index (κ3) is 3.95. The van der Waals surface area contributed by atoms with E-state index in [9.17, 15) is 13.2 Å². The zero-order valence-corrected chi connectivity index (χ0v) is 15.5. The molecule has 134 valence electrons. The van der Waals surface area contributed by atoms with Gasteiger partial charge in [0.1, 0.15) is 0 Å². The summed E-state index contributed by atoms with van der Waals surface area (Å²) in [5.41, 5.74) is 0.974. The van der Waals surface area contributed by atoms with Crippen LogP contribution in [0.4, 0.5) is 5.69 Å². The summed E-state index contributed by atoms with van der Waals surface area (Å²) in [5, 5.41) is 2.30. The fraction of sp³-hybridized carbons (Fsp3) is 0.421. The highest BCUT2D eigenvalue weighted by atomic mass is 32.2. The Balaban J connectivity index is 1.72. The van der Waals surface area contributed by atoms with Crippen LogP contribution in [0, 0.1) is 0 Å². The number of benzene rings is 2. The van der Waals surface area contributed by atoms with Gasteiger partial charge in [-0.05, 0) is 36.2 Å². The van der Waals surface area contributed by atoms with Crippen molar-refractivity contribution in [2.75, 3.05) is 36.5 Å². The Morgan fingerprint density at radius 3 is 2.52 bits per heavy atom. The third-order valence-corrected chi connectivity index (χ3v) is 6.61. The minimum absolute atomic E-state index is 0.0275. The molecule has 25 heavy (non-hydrogen) atoms. The zero-order chi connectivity index (χ0) is 18.0. The van der Waals surface area contributed by atoms with Gasteiger partial charge in [-0.2, -0.15) is 0 Å². The van der Waals surface area contributed by atoms with E-state index in [-0.39, 0.29) is 30.0 Å². The molecular formula is C19H24N2O3S. The second kappa shape index (κ2) is 7.04. The fourth-order valence-corrected chi connectivity index (χ4v) is 5.19. The highest BCUT2D eigenvalue weighted by molar-refractivity contribution is 7.91. The van der Waals surface area contributed by atoms with Crippen molar-refractivity contribution in [1.29, 1.82) is 0 Å². The SMILES string of the molecule is CCN(C(=O)CN(C)c1ccc2ccccc2c1)[C@@H]1CCS(=O)(=O)C1. The number of nitrogens with zero attached hydrogens (tertiary/aromatic N) is 2. The molecular weight excluding hydrogens is 336 g/mol. The first-order valence-electron chi connectivity index (χ1n) is 8.59. The van der Waals surface area contributed by atoms with Crippen LogP contribution >= 0.6 is 0 Å². The lowest BCUT2D eigenvalue weighted by atomic mass is 10.1. The molecule has 2 aromatic carbocycles. The number of hydrogen-bond acceptors (Lipinski definition) is 4. The maximum atomic E-state index is 12.7. The largest absolute Gasteiger partial charge is 0.365 e. The lowest BCUT2D eigenvalue weighted by molar-refractivity contribution is -0.131. The van der Waals surface area contributed by atoms with Gasteiger partial charge in [0.05, 0.1) is 18.1 Å². The molecule has 0 unspecified atom stereocenters. The van der Waals surface area contributed by atoms with E-state index in [1.807, 2.05) is 43.1 Å². The van der Waals surface area contributed by atoms with Gasteiger partial charge in [0.2, 0.25) is 5.91 Å². The van der Waals surface area contributed by atoms with Crippen LogP contribution in [0.1, 0.15) is 13.3 Å². The number of hydrogen-bond donors (Lipinski definition) is 0. The minimum Gasteiger partial charge on any atom is -0.365 e. The number of likely N-dealkylation sites (N-methyl/N-ethyl adjacent to an activating group) is 2. The predicted molar refractivity (Wildman–Crippen MR) is 102 cm³/mol. The molecule has 1 saturated heterocycles. The summed E-state index contributed by atoms with van der Waals surface area (Å²) >= 11 is 0. The molecule has 1 amide bonds. The van der Waals surface area contributed by atoms with Crippen molar-refractivity contribution in [3.05, 3.63) is 42.5 Å². The summed E-state index contributed by atoms with van der Waals surface area (Å²) in [7, 11) is -1.11. The Bertz CT molecular complexity index is 879. The summed E-state index contributed by atoms with van der Waals surface area (Å²) in [6.45, 7) is 2.67. The summed E-state index contributed by atoms with van der Waals surface area (Å²) < 4.78 is 23.4. The van der Waals surface area contributed by atoms with E-state index in [1.165, 1.54) is 0 Å². The normalized spacial score (nSPS) is 19.0. The third-order valence-electron chi connectivity index (χ3n) is 4.86. The van der Waals surface area contributed by atoms with Gasteiger partial charge in [0, 0.05) is 25.3 Å². The first-order valence-corrected chi connectivity index (χ1v) is 10.4. The molecule has 2 aromatic rings. The Hall–Kier alpha value is -2.08. The van der Waals surface area contributed by atoms with Gasteiger partial charge in [-0.1, -0.05) is 30.3 Å².